The minimum atomic E-state index is -0.478. The molecule has 0 aliphatic carbocycles. The Bertz CT molecular complexity index is 589. The number of aromatic amines is 2. The number of hydrogen-bond donors (Lipinski definition) is 2. The summed E-state index contributed by atoms with van der Waals surface area (Å²) in [5.41, 5.74) is 0.630. The summed E-state index contributed by atoms with van der Waals surface area (Å²) < 4.78 is 0. The number of aromatic nitrogens is 4. The van der Waals surface area contributed by atoms with Crippen molar-refractivity contribution < 1.29 is 4.79 Å². The first-order valence-electron chi connectivity index (χ1n) is 6.03. The van der Waals surface area contributed by atoms with Gasteiger partial charge < -0.3 is 4.90 Å². The molecular formula is C12H15N5O2. The van der Waals surface area contributed by atoms with Crippen LogP contribution in [0.5, 0.6) is 0 Å². The van der Waals surface area contributed by atoms with E-state index in [-0.39, 0.29) is 11.7 Å². The van der Waals surface area contributed by atoms with Crippen molar-refractivity contribution in [2.75, 3.05) is 13.1 Å². The third-order valence-corrected chi connectivity index (χ3v) is 2.79. The molecule has 2 heterocycles. The molecule has 0 saturated carbocycles. The van der Waals surface area contributed by atoms with E-state index in [4.69, 9.17) is 0 Å². The van der Waals surface area contributed by atoms with E-state index in [9.17, 15) is 9.59 Å². The van der Waals surface area contributed by atoms with Crippen molar-refractivity contribution >= 4 is 5.91 Å². The van der Waals surface area contributed by atoms with Gasteiger partial charge in [-0.1, -0.05) is 0 Å². The molecule has 2 N–H and O–H groups in total. The monoisotopic (exact) mass is 261 g/mol. The third kappa shape index (κ3) is 3.27. The molecule has 0 saturated heterocycles. The van der Waals surface area contributed by atoms with E-state index in [0.717, 1.165) is 12.0 Å². The molecule has 100 valence electrons. The molecule has 7 nitrogen and oxygen atoms in total. The number of hydrogen-bond acceptors (Lipinski definition) is 4. The van der Waals surface area contributed by atoms with Crippen molar-refractivity contribution in [2.45, 2.75) is 13.3 Å². The largest absolute Gasteiger partial charge is 0.341 e. The Morgan fingerprint density at radius 3 is 2.68 bits per heavy atom. The number of pyridine rings is 1. The van der Waals surface area contributed by atoms with Gasteiger partial charge in [-0.25, -0.2) is 9.89 Å². The summed E-state index contributed by atoms with van der Waals surface area (Å²) in [6.45, 7) is 3.00. The van der Waals surface area contributed by atoms with Crippen molar-refractivity contribution in [1.82, 2.24) is 25.1 Å². The Balaban J connectivity index is 2.00. The zero-order valence-corrected chi connectivity index (χ0v) is 10.6. The van der Waals surface area contributed by atoms with E-state index < -0.39 is 5.69 Å². The summed E-state index contributed by atoms with van der Waals surface area (Å²) in [6.07, 6.45) is 4.17. The topological polar surface area (TPSA) is 94.7 Å². The third-order valence-electron chi connectivity index (χ3n) is 2.79. The summed E-state index contributed by atoms with van der Waals surface area (Å²) in [7, 11) is 0. The summed E-state index contributed by atoms with van der Waals surface area (Å²) in [5, 5.41) is 5.83. The fourth-order valence-electron chi connectivity index (χ4n) is 1.74. The second kappa shape index (κ2) is 5.94. The molecule has 0 radical (unpaired) electrons. The van der Waals surface area contributed by atoms with Crippen LogP contribution in [0.2, 0.25) is 0 Å². The molecule has 2 rings (SSSR count). The van der Waals surface area contributed by atoms with E-state index in [1.165, 1.54) is 0 Å². The maximum absolute atomic E-state index is 12.1. The highest BCUT2D eigenvalue weighted by Gasteiger charge is 2.17. The van der Waals surface area contributed by atoms with Crippen LogP contribution in [-0.2, 0) is 6.42 Å². The lowest BCUT2D eigenvalue weighted by Crippen LogP contribution is -2.33. The number of carbonyl (C=O) groups is 1. The van der Waals surface area contributed by atoms with Crippen LogP contribution in [0, 0.1) is 0 Å². The van der Waals surface area contributed by atoms with Crippen LogP contribution in [0.25, 0.3) is 0 Å². The summed E-state index contributed by atoms with van der Waals surface area (Å²) >= 11 is 0. The Morgan fingerprint density at radius 2 is 2.11 bits per heavy atom. The second-order valence-corrected chi connectivity index (χ2v) is 4.02. The first-order valence-corrected chi connectivity index (χ1v) is 6.03. The number of nitrogens with zero attached hydrogens (tertiary/aromatic N) is 3. The van der Waals surface area contributed by atoms with Gasteiger partial charge in [0.15, 0.2) is 0 Å². The lowest BCUT2D eigenvalue weighted by atomic mass is 10.2. The van der Waals surface area contributed by atoms with Crippen LogP contribution in [-0.4, -0.2) is 44.1 Å². The number of likely N-dealkylation sites (N-methyl/N-ethyl adjacent to an activating group) is 1. The predicted molar refractivity (Wildman–Crippen MR) is 68.7 cm³/mol. The molecule has 0 aliphatic heterocycles. The van der Waals surface area contributed by atoms with Gasteiger partial charge in [0.25, 0.3) is 5.91 Å². The lowest BCUT2D eigenvalue weighted by Gasteiger charge is -2.19. The highest BCUT2D eigenvalue weighted by molar-refractivity contribution is 5.90. The highest BCUT2D eigenvalue weighted by Crippen LogP contribution is 2.02. The zero-order valence-electron chi connectivity index (χ0n) is 10.6. The number of rotatable bonds is 5. The van der Waals surface area contributed by atoms with Crippen LogP contribution in [0.15, 0.2) is 29.3 Å². The molecule has 0 spiro atoms. The molecule has 0 aliphatic rings. The highest BCUT2D eigenvalue weighted by atomic mass is 16.2. The summed E-state index contributed by atoms with van der Waals surface area (Å²) in [5.74, 6) is -0.239. The van der Waals surface area contributed by atoms with Crippen LogP contribution >= 0.6 is 0 Å². The van der Waals surface area contributed by atoms with Crippen LogP contribution < -0.4 is 5.69 Å². The molecule has 19 heavy (non-hydrogen) atoms. The van der Waals surface area contributed by atoms with Gasteiger partial charge in [0, 0.05) is 25.5 Å². The fourth-order valence-corrected chi connectivity index (χ4v) is 1.74. The van der Waals surface area contributed by atoms with Gasteiger partial charge in [-0.05, 0) is 31.0 Å². The van der Waals surface area contributed by atoms with E-state index in [1.807, 2.05) is 19.1 Å². The van der Waals surface area contributed by atoms with Crippen molar-refractivity contribution in [3.63, 3.8) is 0 Å². The van der Waals surface area contributed by atoms with Gasteiger partial charge in [-0.2, -0.15) is 0 Å². The lowest BCUT2D eigenvalue weighted by molar-refractivity contribution is 0.0754. The van der Waals surface area contributed by atoms with Gasteiger partial charge >= 0.3 is 5.69 Å². The Morgan fingerprint density at radius 1 is 1.37 bits per heavy atom. The minimum Gasteiger partial charge on any atom is -0.336 e. The zero-order chi connectivity index (χ0) is 13.7. The molecule has 0 atom stereocenters. The number of amides is 1. The van der Waals surface area contributed by atoms with Gasteiger partial charge in [0.05, 0.1) is 0 Å². The van der Waals surface area contributed by atoms with Gasteiger partial charge in [-0.3, -0.25) is 14.8 Å². The van der Waals surface area contributed by atoms with Crippen LogP contribution in [0.1, 0.15) is 23.1 Å². The van der Waals surface area contributed by atoms with Gasteiger partial charge in [-0.15, -0.1) is 5.10 Å². The van der Waals surface area contributed by atoms with E-state index in [0.29, 0.717) is 13.1 Å². The quantitative estimate of drug-likeness (QED) is 0.803. The van der Waals surface area contributed by atoms with Gasteiger partial charge in [0.1, 0.15) is 0 Å². The van der Waals surface area contributed by atoms with E-state index >= 15 is 0 Å². The maximum atomic E-state index is 12.1. The first-order chi connectivity index (χ1) is 9.20. The Hall–Kier alpha value is -2.44. The number of carbonyl (C=O) groups excluding carboxylic acids is 1. The molecule has 2 aromatic heterocycles. The molecule has 7 heteroatoms. The van der Waals surface area contributed by atoms with Crippen LogP contribution in [0.3, 0.4) is 0 Å². The van der Waals surface area contributed by atoms with Gasteiger partial charge in [0.2, 0.25) is 5.82 Å². The molecule has 0 unspecified atom stereocenters. The fraction of sp³-hybridized carbons (Fsp3) is 0.333. The number of nitrogens with one attached hydrogen (secondary N) is 2. The Labute approximate surface area is 109 Å². The molecule has 0 fully saturated rings. The Kier molecular flexibility index (Phi) is 4.07. The van der Waals surface area contributed by atoms with Crippen molar-refractivity contribution in [3.05, 3.63) is 46.4 Å². The molecular weight excluding hydrogens is 246 g/mol. The average molecular weight is 261 g/mol. The van der Waals surface area contributed by atoms with Crippen LogP contribution in [0.4, 0.5) is 0 Å². The molecule has 2 aromatic rings. The van der Waals surface area contributed by atoms with E-state index in [2.05, 4.69) is 20.2 Å². The second-order valence-electron chi connectivity index (χ2n) is 4.02. The molecule has 0 aromatic carbocycles. The molecule has 0 bridgehead atoms. The maximum Gasteiger partial charge on any atom is 0.341 e. The summed E-state index contributed by atoms with van der Waals surface area (Å²) in [4.78, 5) is 30.9. The van der Waals surface area contributed by atoms with Crippen molar-refractivity contribution in [1.29, 1.82) is 0 Å². The van der Waals surface area contributed by atoms with E-state index in [1.54, 1.807) is 17.3 Å². The SMILES string of the molecule is CCN(CCc1ccncc1)C(=O)c1n[nH]c(=O)[nH]1. The first kappa shape index (κ1) is 13.0. The van der Waals surface area contributed by atoms with Crippen molar-refractivity contribution in [2.24, 2.45) is 0 Å². The smallest absolute Gasteiger partial charge is 0.336 e. The predicted octanol–water partition coefficient (Wildman–Crippen LogP) is 0.198. The molecule has 1 amide bonds. The van der Waals surface area contributed by atoms with Crippen molar-refractivity contribution in [3.8, 4) is 0 Å². The minimum absolute atomic E-state index is 0.0431. The average Bonchev–Trinajstić information content (AvgIpc) is 2.87. The number of H-pyrrole nitrogens is 2. The normalized spacial score (nSPS) is 10.4. The summed E-state index contributed by atoms with van der Waals surface area (Å²) in [6, 6.07) is 3.82. The standard InChI is InChI=1S/C12H15N5O2/c1-2-17(8-5-9-3-6-13-7-4-9)11(18)10-14-12(19)16-15-10/h3-4,6-7H,2,5,8H2,1H3,(H2,14,15,16,19).